The molecule has 0 spiro atoms. The van der Waals surface area contributed by atoms with Crippen LogP contribution in [0.15, 0.2) is 18.2 Å². The molecule has 5 heteroatoms. The van der Waals surface area contributed by atoms with E-state index in [2.05, 4.69) is 0 Å². The minimum Gasteiger partial charge on any atom is -0.492 e. The molecule has 0 radical (unpaired) electrons. The highest BCUT2D eigenvalue weighted by Gasteiger charge is 2.21. The van der Waals surface area contributed by atoms with Gasteiger partial charge in [-0.15, -0.1) is 0 Å². The Balaban J connectivity index is 2.44. The quantitative estimate of drug-likeness (QED) is 0.579. The maximum atomic E-state index is 11.4. The molecule has 0 aliphatic carbocycles. The number of hydrogen-bond acceptors (Lipinski definition) is 4. The van der Waals surface area contributed by atoms with Gasteiger partial charge >= 0.3 is 7.12 Å². The van der Waals surface area contributed by atoms with E-state index in [1.807, 2.05) is 0 Å². The molecule has 1 heterocycles. The summed E-state index contributed by atoms with van der Waals surface area (Å²) >= 11 is 0. The fraction of sp³-hybridized carbons (Fsp3) is 0.222. The van der Waals surface area contributed by atoms with E-state index in [9.17, 15) is 4.79 Å². The normalized spacial score (nSPS) is 14.6. The van der Waals surface area contributed by atoms with Crippen molar-refractivity contribution >= 4 is 18.4 Å². The highest BCUT2D eigenvalue weighted by atomic mass is 16.5. The molecular weight excluding hydrogens is 183 g/mol. The summed E-state index contributed by atoms with van der Waals surface area (Å²) in [6, 6.07) is 4.55. The van der Waals surface area contributed by atoms with Crippen LogP contribution in [0.5, 0.6) is 5.75 Å². The lowest BCUT2D eigenvalue weighted by atomic mass is 9.79. The summed E-state index contributed by atoms with van der Waals surface area (Å²) in [4.78, 5) is 11.4. The van der Waals surface area contributed by atoms with Crippen molar-refractivity contribution in [2.75, 3.05) is 6.61 Å². The molecule has 4 nitrogen and oxygen atoms in total. The molecular formula is C9H9BO4. The Morgan fingerprint density at radius 3 is 2.86 bits per heavy atom. The van der Waals surface area contributed by atoms with Crippen LogP contribution in [-0.4, -0.2) is 29.6 Å². The second-order valence-corrected chi connectivity index (χ2v) is 3.15. The molecule has 0 fully saturated rings. The smallest absolute Gasteiger partial charge is 0.488 e. The molecule has 72 valence electrons. The number of benzene rings is 1. The van der Waals surface area contributed by atoms with E-state index in [0.29, 0.717) is 29.8 Å². The van der Waals surface area contributed by atoms with Gasteiger partial charge in [0.1, 0.15) is 5.75 Å². The molecule has 0 unspecified atom stereocenters. The zero-order valence-electron chi connectivity index (χ0n) is 7.43. The first-order chi connectivity index (χ1) is 6.68. The van der Waals surface area contributed by atoms with Gasteiger partial charge in [0, 0.05) is 6.42 Å². The summed E-state index contributed by atoms with van der Waals surface area (Å²) < 4.78 is 5.24. The predicted octanol–water partition coefficient (Wildman–Crippen LogP) is -0.668. The molecule has 0 saturated heterocycles. The number of carbonyl (C=O) groups excluding carboxylic acids is 1. The zero-order chi connectivity index (χ0) is 10.1. The molecule has 2 rings (SSSR count). The topological polar surface area (TPSA) is 66.8 Å². The van der Waals surface area contributed by atoms with Gasteiger partial charge < -0.3 is 14.8 Å². The Morgan fingerprint density at radius 1 is 1.36 bits per heavy atom. The van der Waals surface area contributed by atoms with E-state index in [1.54, 1.807) is 6.07 Å². The average molecular weight is 192 g/mol. The average Bonchev–Trinajstić information content (AvgIpc) is 2.17. The van der Waals surface area contributed by atoms with Crippen LogP contribution in [0.2, 0.25) is 0 Å². The van der Waals surface area contributed by atoms with Crippen LogP contribution in [0.4, 0.5) is 0 Å². The Labute approximate surface area is 81.3 Å². The second-order valence-electron chi connectivity index (χ2n) is 3.15. The van der Waals surface area contributed by atoms with Crippen molar-refractivity contribution in [3.05, 3.63) is 23.8 Å². The van der Waals surface area contributed by atoms with Gasteiger partial charge in [-0.3, -0.25) is 4.79 Å². The van der Waals surface area contributed by atoms with Crippen LogP contribution in [0.3, 0.4) is 0 Å². The van der Waals surface area contributed by atoms with E-state index in [1.165, 1.54) is 12.1 Å². The van der Waals surface area contributed by atoms with Gasteiger partial charge in [0.2, 0.25) is 0 Å². The van der Waals surface area contributed by atoms with Gasteiger partial charge in [0.25, 0.3) is 0 Å². The van der Waals surface area contributed by atoms with E-state index in [-0.39, 0.29) is 5.78 Å². The van der Waals surface area contributed by atoms with E-state index in [0.717, 1.165) is 0 Å². The summed E-state index contributed by atoms with van der Waals surface area (Å²) in [7, 11) is -1.53. The summed E-state index contributed by atoms with van der Waals surface area (Å²) in [6.07, 6.45) is 0.383. The van der Waals surface area contributed by atoms with Crippen LogP contribution in [-0.2, 0) is 0 Å². The monoisotopic (exact) mass is 192 g/mol. The zero-order valence-corrected chi connectivity index (χ0v) is 7.43. The molecule has 0 aromatic heterocycles. The molecule has 0 amide bonds. The van der Waals surface area contributed by atoms with Crippen molar-refractivity contribution in [3.63, 3.8) is 0 Å². The largest absolute Gasteiger partial charge is 0.492 e. The SMILES string of the molecule is O=C1CCOc2cc(B(O)O)ccc21. The number of ether oxygens (including phenoxy) is 1. The first-order valence-electron chi connectivity index (χ1n) is 4.34. The maximum absolute atomic E-state index is 11.4. The van der Waals surface area contributed by atoms with Crippen molar-refractivity contribution in [2.24, 2.45) is 0 Å². The van der Waals surface area contributed by atoms with Crippen LogP contribution in [0.1, 0.15) is 16.8 Å². The van der Waals surface area contributed by atoms with E-state index >= 15 is 0 Å². The third-order valence-corrected chi connectivity index (χ3v) is 2.19. The minimum absolute atomic E-state index is 0.0326. The molecule has 1 aromatic carbocycles. The van der Waals surface area contributed by atoms with Gasteiger partial charge in [-0.2, -0.15) is 0 Å². The number of carbonyl (C=O) groups is 1. The maximum Gasteiger partial charge on any atom is 0.488 e. The molecule has 14 heavy (non-hydrogen) atoms. The highest BCUT2D eigenvalue weighted by molar-refractivity contribution is 6.58. The number of rotatable bonds is 1. The van der Waals surface area contributed by atoms with Gasteiger partial charge in [-0.05, 0) is 17.6 Å². The van der Waals surface area contributed by atoms with Crippen LogP contribution >= 0.6 is 0 Å². The van der Waals surface area contributed by atoms with Crippen molar-refractivity contribution in [2.45, 2.75) is 6.42 Å². The first-order valence-corrected chi connectivity index (χ1v) is 4.34. The Hall–Kier alpha value is -1.33. The van der Waals surface area contributed by atoms with Crippen LogP contribution < -0.4 is 10.2 Å². The Kier molecular flexibility index (Phi) is 2.27. The molecule has 0 saturated carbocycles. The predicted molar refractivity (Wildman–Crippen MR) is 50.7 cm³/mol. The molecule has 1 aromatic rings. The van der Waals surface area contributed by atoms with Crippen LogP contribution in [0, 0.1) is 0 Å². The van der Waals surface area contributed by atoms with Gasteiger partial charge in [-0.25, -0.2) is 0 Å². The Bertz CT molecular complexity index is 375. The molecule has 0 atom stereocenters. The van der Waals surface area contributed by atoms with E-state index < -0.39 is 7.12 Å². The fourth-order valence-electron chi connectivity index (χ4n) is 1.44. The third-order valence-electron chi connectivity index (χ3n) is 2.19. The minimum atomic E-state index is -1.53. The number of Topliss-reactive ketones (excluding diaryl/α,β-unsaturated/α-hetero) is 1. The Morgan fingerprint density at radius 2 is 2.14 bits per heavy atom. The summed E-state index contributed by atoms with van der Waals surface area (Å²) in [5.74, 6) is 0.470. The first kappa shape index (κ1) is 9.24. The lowest BCUT2D eigenvalue weighted by Gasteiger charge is -2.16. The van der Waals surface area contributed by atoms with E-state index in [4.69, 9.17) is 14.8 Å². The van der Waals surface area contributed by atoms with Crippen LogP contribution in [0.25, 0.3) is 0 Å². The number of hydrogen-bond donors (Lipinski definition) is 2. The fourth-order valence-corrected chi connectivity index (χ4v) is 1.44. The molecule has 0 bridgehead atoms. The summed E-state index contributed by atoms with van der Waals surface area (Å²) in [6.45, 7) is 0.358. The van der Waals surface area contributed by atoms with Gasteiger partial charge in [-0.1, -0.05) is 6.07 Å². The number of ketones is 1. The molecule has 2 N–H and O–H groups in total. The molecule has 1 aliphatic rings. The summed E-state index contributed by atoms with van der Waals surface area (Å²) in [5.41, 5.74) is 0.846. The van der Waals surface area contributed by atoms with Gasteiger partial charge in [0.05, 0.1) is 12.2 Å². The van der Waals surface area contributed by atoms with Crippen molar-refractivity contribution in [3.8, 4) is 5.75 Å². The standard InChI is InChI=1S/C9H9BO4/c11-8-3-4-14-9-5-6(10(12)13)1-2-7(8)9/h1-2,5,12-13H,3-4H2. The van der Waals surface area contributed by atoms with Crippen molar-refractivity contribution in [1.29, 1.82) is 0 Å². The second kappa shape index (κ2) is 3.44. The van der Waals surface area contributed by atoms with Crippen molar-refractivity contribution < 1.29 is 19.6 Å². The number of fused-ring (bicyclic) bond motifs is 1. The molecule has 1 aliphatic heterocycles. The van der Waals surface area contributed by atoms with Gasteiger partial charge in [0.15, 0.2) is 5.78 Å². The lowest BCUT2D eigenvalue weighted by Crippen LogP contribution is -2.30. The lowest BCUT2D eigenvalue weighted by molar-refractivity contribution is 0.0933. The summed E-state index contributed by atoms with van der Waals surface area (Å²) in [5, 5.41) is 17.8. The highest BCUT2D eigenvalue weighted by Crippen LogP contribution is 2.22. The third kappa shape index (κ3) is 1.52. The van der Waals surface area contributed by atoms with Crippen molar-refractivity contribution in [1.82, 2.24) is 0 Å².